The number of carbonyl (C=O) groups excluding carboxylic acids is 2. The summed E-state index contributed by atoms with van der Waals surface area (Å²) in [6.45, 7) is 2.78. The zero-order valence-corrected chi connectivity index (χ0v) is 24.3. The molecule has 6 nitrogen and oxygen atoms in total. The molecule has 1 aliphatic carbocycles. The standard InChI is InChI=1S/C33H35FO6S/c1-33(2,32(37)38)40-26-15-12-22(29(34)20-26)18-24-19-23(31(36)39-25-9-5-4-6-10-25)8-7-11-28(24)30(35)21-13-16-27(41-3)17-14-21/h4-6,9-10,12-17,20,23-24,28H,7-8,11,18-19H2,1-3H3,(H,37,38). The highest BCUT2D eigenvalue weighted by Crippen LogP contribution is 2.38. The lowest BCUT2D eigenvalue weighted by Gasteiger charge is -2.26. The van der Waals surface area contributed by atoms with Crippen LogP contribution in [0.2, 0.25) is 0 Å². The lowest BCUT2D eigenvalue weighted by atomic mass is 9.77. The predicted molar refractivity (Wildman–Crippen MR) is 156 cm³/mol. The zero-order chi connectivity index (χ0) is 29.6. The van der Waals surface area contributed by atoms with Crippen LogP contribution >= 0.6 is 11.8 Å². The number of hydrogen-bond acceptors (Lipinski definition) is 6. The Morgan fingerprint density at radius 1 is 0.976 bits per heavy atom. The van der Waals surface area contributed by atoms with Crippen LogP contribution in [-0.2, 0) is 16.0 Å². The van der Waals surface area contributed by atoms with Crippen LogP contribution in [0.15, 0.2) is 77.7 Å². The number of thioether (sulfide) groups is 1. The van der Waals surface area contributed by atoms with Crippen LogP contribution in [0.25, 0.3) is 0 Å². The fraction of sp³-hybridized carbons (Fsp3) is 0.364. The van der Waals surface area contributed by atoms with Gasteiger partial charge in [0.1, 0.15) is 17.3 Å². The first-order valence-corrected chi connectivity index (χ1v) is 15.0. The molecule has 0 amide bonds. The Kier molecular flexibility index (Phi) is 9.86. The minimum absolute atomic E-state index is 0.0108. The summed E-state index contributed by atoms with van der Waals surface area (Å²) in [7, 11) is 0. The van der Waals surface area contributed by atoms with Gasteiger partial charge in [-0.2, -0.15) is 0 Å². The molecule has 4 rings (SSSR count). The van der Waals surface area contributed by atoms with Gasteiger partial charge in [0.15, 0.2) is 11.4 Å². The molecule has 41 heavy (non-hydrogen) atoms. The van der Waals surface area contributed by atoms with E-state index in [4.69, 9.17) is 9.47 Å². The van der Waals surface area contributed by atoms with Gasteiger partial charge in [-0.1, -0.05) is 42.8 Å². The zero-order valence-electron chi connectivity index (χ0n) is 23.5. The number of esters is 1. The van der Waals surface area contributed by atoms with E-state index in [0.29, 0.717) is 42.6 Å². The highest BCUT2D eigenvalue weighted by molar-refractivity contribution is 7.98. The van der Waals surface area contributed by atoms with Crippen molar-refractivity contribution in [2.75, 3.05) is 6.26 Å². The third-order valence-electron chi connectivity index (χ3n) is 7.62. The molecule has 1 N–H and O–H groups in total. The van der Waals surface area contributed by atoms with Crippen molar-refractivity contribution in [3.63, 3.8) is 0 Å². The molecule has 3 aromatic carbocycles. The SMILES string of the molecule is CSc1ccc(C(=O)C2CCCC(C(=O)Oc3ccccc3)CC2Cc2ccc(OC(C)(C)C(=O)O)cc2F)cc1. The van der Waals surface area contributed by atoms with Crippen LogP contribution < -0.4 is 9.47 Å². The number of hydrogen-bond donors (Lipinski definition) is 1. The van der Waals surface area contributed by atoms with Crippen molar-refractivity contribution in [2.24, 2.45) is 17.8 Å². The molecule has 0 heterocycles. The first-order valence-electron chi connectivity index (χ1n) is 13.7. The van der Waals surface area contributed by atoms with Crippen molar-refractivity contribution in [3.05, 3.63) is 89.7 Å². The van der Waals surface area contributed by atoms with E-state index in [-0.39, 0.29) is 29.8 Å². The van der Waals surface area contributed by atoms with Crippen molar-refractivity contribution in [1.82, 2.24) is 0 Å². The molecular formula is C33H35FO6S. The third-order valence-corrected chi connectivity index (χ3v) is 8.37. The van der Waals surface area contributed by atoms with Gasteiger partial charge in [-0.25, -0.2) is 9.18 Å². The number of aliphatic carboxylic acids is 1. The topological polar surface area (TPSA) is 89.9 Å². The Morgan fingerprint density at radius 2 is 1.68 bits per heavy atom. The molecule has 1 fully saturated rings. The fourth-order valence-electron chi connectivity index (χ4n) is 5.29. The number of ether oxygens (including phenoxy) is 2. The van der Waals surface area contributed by atoms with Crippen LogP contribution in [-0.4, -0.2) is 34.7 Å². The van der Waals surface area contributed by atoms with Gasteiger partial charge in [-0.05, 0) is 87.6 Å². The Morgan fingerprint density at radius 3 is 2.32 bits per heavy atom. The summed E-state index contributed by atoms with van der Waals surface area (Å²) in [6.07, 6.45) is 4.43. The molecule has 3 unspecified atom stereocenters. The molecule has 8 heteroatoms. The van der Waals surface area contributed by atoms with Crippen molar-refractivity contribution in [3.8, 4) is 11.5 Å². The second-order valence-corrected chi connectivity index (χ2v) is 11.8. The van der Waals surface area contributed by atoms with Gasteiger partial charge in [-0.3, -0.25) is 9.59 Å². The molecule has 1 saturated carbocycles. The van der Waals surface area contributed by atoms with Gasteiger partial charge in [0.05, 0.1) is 5.92 Å². The molecule has 3 atom stereocenters. The molecule has 0 radical (unpaired) electrons. The van der Waals surface area contributed by atoms with Crippen LogP contribution in [0.1, 0.15) is 55.5 Å². The van der Waals surface area contributed by atoms with Crippen molar-refractivity contribution in [1.29, 1.82) is 0 Å². The van der Waals surface area contributed by atoms with E-state index in [2.05, 4.69) is 0 Å². The highest BCUT2D eigenvalue weighted by atomic mass is 32.2. The third kappa shape index (κ3) is 7.76. The molecular weight excluding hydrogens is 543 g/mol. The van der Waals surface area contributed by atoms with Crippen LogP contribution in [0.4, 0.5) is 4.39 Å². The average Bonchev–Trinajstić information content (AvgIpc) is 3.17. The number of benzene rings is 3. The summed E-state index contributed by atoms with van der Waals surface area (Å²) < 4.78 is 26.5. The summed E-state index contributed by atoms with van der Waals surface area (Å²) in [5, 5.41) is 9.35. The van der Waals surface area contributed by atoms with Gasteiger partial charge in [0, 0.05) is 22.4 Å². The number of carboxylic acids is 1. The molecule has 0 aliphatic heterocycles. The van der Waals surface area contributed by atoms with Crippen LogP contribution in [0.3, 0.4) is 0 Å². The summed E-state index contributed by atoms with van der Waals surface area (Å²) in [5.41, 5.74) is -0.545. The normalized spacial score (nSPS) is 19.2. The Hall–Kier alpha value is -3.65. The maximum Gasteiger partial charge on any atom is 0.347 e. The average molecular weight is 579 g/mol. The summed E-state index contributed by atoms with van der Waals surface area (Å²) in [6, 6.07) is 20.7. The Labute approximate surface area is 244 Å². The first kappa shape index (κ1) is 30.3. The number of carboxylic acid groups (broad SMARTS) is 1. The lowest BCUT2D eigenvalue weighted by Crippen LogP contribution is -2.37. The van der Waals surface area contributed by atoms with Gasteiger partial charge in [0.2, 0.25) is 0 Å². The molecule has 216 valence electrons. The van der Waals surface area contributed by atoms with Crippen LogP contribution in [0.5, 0.6) is 11.5 Å². The highest BCUT2D eigenvalue weighted by Gasteiger charge is 2.37. The van der Waals surface area contributed by atoms with E-state index in [1.165, 1.54) is 19.9 Å². The van der Waals surface area contributed by atoms with E-state index in [1.54, 1.807) is 48.2 Å². The Balaban J connectivity index is 1.60. The monoisotopic (exact) mass is 578 g/mol. The number of rotatable bonds is 10. The summed E-state index contributed by atoms with van der Waals surface area (Å²) in [4.78, 5) is 39.5. The number of ketones is 1. The quantitative estimate of drug-likeness (QED) is 0.0891. The number of Topliss-reactive ketones (excluding diaryl/α,β-unsaturated/α-hetero) is 1. The maximum atomic E-state index is 15.4. The van der Waals surface area contributed by atoms with Gasteiger partial charge in [0.25, 0.3) is 0 Å². The molecule has 0 spiro atoms. The second-order valence-electron chi connectivity index (χ2n) is 10.9. The lowest BCUT2D eigenvalue weighted by molar-refractivity contribution is -0.152. The Bertz CT molecular complexity index is 1370. The molecule has 1 aliphatic rings. The summed E-state index contributed by atoms with van der Waals surface area (Å²) >= 11 is 1.59. The predicted octanol–water partition coefficient (Wildman–Crippen LogP) is 7.24. The van der Waals surface area contributed by atoms with E-state index < -0.39 is 29.2 Å². The number of carbonyl (C=O) groups is 3. The van der Waals surface area contributed by atoms with Crippen molar-refractivity contribution >= 4 is 29.5 Å². The summed E-state index contributed by atoms with van der Waals surface area (Å²) in [5.74, 6) is -2.65. The van der Waals surface area contributed by atoms with Gasteiger partial charge in [-0.15, -0.1) is 11.8 Å². The maximum absolute atomic E-state index is 15.4. The van der Waals surface area contributed by atoms with Crippen molar-refractivity contribution in [2.45, 2.75) is 56.4 Å². The molecule has 0 bridgehead atoms. The fourth-order valence-corrected chi connectivity index (χ4v) is 5.70. The second kappa shape index (κ2) is 13.3. The first-order chi connectivity index (χ1) is 19.6. The van der Waals surface area contributed by atoms with E-state index in [1.807, 2.05) is 36.6 Å². The van der Waals surface area contributed by atoms with Gasteiger partial charge >= 0.3 is 11.9 Å². The van der Waals surface area contributed by atoms with Crippen molar-refractivity contribution < 1.29 is 33.4 Å². The molecule has 0 saturated heterocycles. The number of para-hydroxylation sites is 1. The smallest absolute Gasteiger partial charge is 0.347 e. The van der Waals surface area contributed by atoms with E-state index >= 15 is 4.39 Å². The molecule has 0 aromatic heterocycles. The van der Waals surface area contributed by atoms with Gasteiger partial charge < -0.3 is 14.6 Å². The largest absolute Gasteiger partial charge is 0.478 e. The van der Waals surface area contributed by atoms with E-state index in [0.717, 1.165) is 4.90 Å². The molecule has 3 aromatic rings. The minimum atomic E-state index is -1.52. The number of halogens is 1. The van der Waals surface area contributed by atoms with E-state index in [9.17, 15) is 19.5 Å². The minimum Gasteiger partial charge on any atom is -0.478 e. The van der Waals surface area contributed by atoms with Crippen LogP contribution in [0, 0.1) is 23.6 Å².